The molecule has 0 saturated heterocycles. The molecule has 3 aromatic heterocycles. The summed E-state index contributed by atoms with van der Waals surface area (Å²) in [7, 11) is 4.62. The van der Waals surface area contributed by atoms with Crippen LogP contribution < -0.4 is 9.47 Å². The van der Waals surface area contributed by atoms with E-state index in [-0.39, 0.29) is 29.8 Å². The summed E-state index contributed by atoms with van der Waals surface area (Å²) in [5.74, 6) is -0.241. The number of aromatic nitrogens is 5. The first kappa shape index (κ1) is 18.3. The topological polar surface area (TPSA) is 84.2 Å². The minimum absolute atomic E-state index is 0.0663. The van der Waals surface area contributed by atoms with E-state index in [9.17, 15) is 0 Å². The van der Waals surface area contributed by atoms with E-state index in [1.165, 1.54) is 25.1 Å². The molecule has 28 heavy (non-hydrogen) atoms. The largest absolute Gasteiger partial charge is 0.480 e. The van der Waals surface area contributed by atoms with Crippen molar-refractivity contribution in [1.29, 1.82) is 0 Å². The van der Waals surface area contributed by atoms with Crippen LogP contribution >= 0.6 is 11.6 Å². The molecular weight excluding hydrogens is 389 g/mol. The molecule has 0 unspecified atom stereocenters. The minimum Gasteiger partial charge on any atom is -0.480 e. The molecule has 0 amide bonds. The highest BCUT2D eigenvalue weighted by Crippen LogP contribution is 2.37. The molecule has 0 atom stereocenters. The molecule has 0 radical (unpaired) electrons. The Kier molecular flexibility index (Phi) is 4.70. The fourth-order valence-electron chi connectivity index (χ4n) is 2.89. The van der Waals surface area contributed by atoms with Crippen LogP contribution in [0.4, 0.5) is 4.39 Å². The van der Waals surface area contributed by atoms with Crippen molar-refractivity contribution in [1.82, 2.24) is 24.7 Å². The van der Waals surface area contributed by atoms with Gasteiger partial charge in [-0.05, 0) is 12.1 Å². The van der Waals surface area contributed by atoms with Crippen LogP contribution in [0.1, 0.15) is 0 Å². The number of rotatable bonds is 5. The molecule has 0 aliphatic carbocycles. The number of halogens is 2. The molecule has 1 aromatic carbocycles. The highest BCUT2D eigenvalue weighted by atomic mass is 35.5. The summed E-state index contributed by atoms with van der Waals surface area (Å²) in [6, 6.07) is 3.35. The molecule has 0 spiro atoms. The standard InChI is InChI=1S/C18H15ClFN5O3/c1-25-7-9-4-11(15(28-8-26-2)13(20)14(9)24-25)17-22-16-12(18(23-17)27-3)5-10(19)6-21-16/h4-7H,8H2,1-3H3. The number of ether oxygens (including phenoxy) is 3. The Morgan fingerprint density at radius 3 is 2.79 bits per heavy atom. The van der Waals surface area contributed by atoms with Crippen LogP contribution in [0.15, 0.2) is 24.5 Å². The molecule has 3 heterocycles. The van der Waals surface area contributed by atoms with Gasteiger partial charge in [0.15, 0.2) is 29.8 Å². The van der Waals surface area contributed by atoms with E-state index in [1.54, 1.807) is 25.4 Å². The van der Waals surface area contributed by atoms with Gasteiger partial charge in [0.25, 0.3) is 0 Å². The molecule has 0 saturated carbocycles. The van der Waals surface area contributed by atoms with Gasteiger partial charge >= 0.3 is 0 Å². The lowest BCUT2D eigenvalue weighted by Gasteiger charge is -2.13. The van der Waals surface area contributed by atoms with Crippen molar-refractivity contribution in [2.75, 3.05) is 21.0 Å². The van der Waals surface area contributed by atoms with Gasteiger partial charge in [0.05, 0.1) is 23.1 Å². The van der Waals surface area contributed by atoms with Gasteiger partial charge in [-0.3, -0.25) is 4.68 Å². The van der Waals surface area contributed by atoms with Crippen LogP contribution in [0.2, 0.25) is 5.02 Å². The smallest absolute Gasteiger partial charge is 0.226 e. The third kappa shape index (κ3) is 3.08. The van der Waals surface area contributed by atoms with Gasteiger partial charge in [0.2, 0.25) is 5.88 Å². The predicted octanol–water partition coefficient (Wildman–Crippen LogP) is 3.36. The summed E-state index contributed by atoms with van der Waals surface area (Å²) in [6.45, 7) is -0.152. The Morgan fingerprint density at radius 2 is 2.04 bits per heavy atom. The van der Waals surface area contributed by atoms with E-state index in [2.05, 4.69) is 20.1 Å². The number of hydrogen-bond acceptors (Lipinski definition) is 7. The Labute approximate surface area is 163 Å². The monoisotopic (exact) mass is 403 g/mol. The Hall–Kier alpha value is -3.04. The van der Waals surface area contributed by atoms with Gasteiger partial charge in [-0.25, -0.2) is 14.4 Å². The van der Waals surface area contributed by atoms with Gasteiger partial charge in [0.1, 0.15) is 5.52 Å². The van der Waals surface area contributed by atoms with Gasteiger partial charge in [-0.2, -0.15) is 10.1 Å². The summed E-state index contributed by atoms with van der Waals surface area (Å²) in [6.07, 6.45) is 3.16. The maximum absolute atomic E-state index is 15.1. The second kappa shape index (κ2) is 7.17. The molecule has 0 N–H and O–H groups in total. The van der Waals surface area contributed by atoms with Crippen molar-refractivity contribution in [3.63, 3.8) is 0 Å². The third-order valence-corrected chi connectivity index (χ3v) is 4.25. The van der Waals surface area contributed by atoms with E-state index >= 15 is 4.39 Å². The van der Waals surface area contributed by atoms with Crippen molar-refractivity contribution < 1.29 is 18.6 Å². The van der Waals surface area contributed by atoms with Crippen LogP contribution in [0.3, 0.4) is 0 Å². The zero-order valence-corrected chi connectivity index (χ0v) is 16.0. The van der Waals surface area contributed by atoms with Crippen molar-refractivity contribution in [3.8, 4) is 23.0 Å². The number of aryl methyl sites for hydroxylation is 1. The van der Waals surface area contributed by atoms with Crippen molar-refractivity contribution in [3.05, 3.63) is 35.4 Å². The van der Waals surface area contributed by atoms with Crippen molar-refractivity contribution >= 4 is 33.5 Å². The van der Waals surface area contributed by atoms with Gasteiger partial charge in [0, 0.05) is 31.9 Å². The second-order valence-corrected chi connectivity index (χ2v) is 6.38. The lowest BCUT2D eigenvalue weighted by molar-refractivity contribution is 0.0489. The molecule has 8 nitrogen and oxygen atoms in total. The maximum Gasteiger partial charge on any atom is 0.226 e. The first-order valence-electron chi connectivity index (χ1n) is 8.17. The van der Waals surface area contributed by atoms with Crippen LogP contribution in [0.25, 0.3) is 33.3 Å². The fraction of sp³-hybridized carbons (Fsp3) is 0.222. The van der Waals surface area contributed by atoms with Gasteiger partial charge in [-0.1, -0.05) is 11.6 Å². The maximum atomic E-state index is 15.1. The molecule has 144 valence electrons. The highest BCUT2D eigenvalue weighted by Gasteiger charge is 2.22. The van der Waals surface area contributed by atoms with E-state index in [1.807, 2.05) is 0 Å². The molecule has 4 rings (SSSR count). The summed E-state index contributed by atoms with van der Waals surface area (Å²) in [4.78, 5) is 13.1. The molecular formula is C18H15ClFN5O3. The summed E-state index contributed by atoms with van der Waals surface area (Å²) in [5, 5.41) is 5.68. The van der Waals surface area contributed by atoms with Gasteiger partial charge in [-0.15, -0.1) is 0 Å². The predicted molar refractivity (Wildman–Crippen MR) is 101 cm³/mol. The molecule has 0 bridgehead atoms. The van der Waals surface area contributed by atoms with E-state index in [0.29, 0.717) is 27.0 Å². The Balaban J connectivity index is 2.00. The van der Waals surface area contributed by atoms with Crippen LogP contribution in [0.5, 0.6) is 11.6 Å². The average molecular weight is 404 g/mol. The zero-order chi connectivity index (χ0) is 19.8. The van der Waals surface area contributed by atoms with Crippen LogP contribution in [-0.4, -0.2) is 45.7 Å². The summed E-state index contributed by atoms with van der Waals surface area (Å²) >= 11 is 6.01. The van der Waals surface area contributed by atoms with Crippen LogP contribution in [-0.2, 0) is 11.8 Å². The summed E-state index contributed by atoms with van der Waals surface area (Å²) in [5.41, 5.74) is 0.859. The normalized spacial score (nSPS) is 11.3. The van der Waals surface area contributed by atoms with Gasteiger partial charge < -0.3 is 14.2 Å². The first-order chi connectivity index (χ1) is 13.5. The number of pyridine rings is 1. The van der Waals surface area contributed by atoms with Crippen molar-refractivity contribution in [2.24, 2.45) is 7.05 Å². The Morgan fingerprint density at radius 1 is 1.21 bits per heavy atom. The highest BCUT2D eigenvalue weighted by molar-refractivity contribution is 6.31. The lowest BCUT2D eigenvalue weighted by atomic mass is 10.1. The third-order valence-electron chi connectivity index (χ3n) is 4.05. The molecule has 0 fully saturated rings. The zero-order valence-electron chi connectivity index (χ0n) is 15.2. The van der Waals surface area contributed by atoms with E-state index < -0.39 is 5.82 Å². The first-order valence-corrected chi connectivity index (χ1v) is 8.55. The molecule has 0 aliphatic rings. The molecule has 4 aromatic rings. The second-order valence-electron chi connectivity index (χ2n) is 5.94. The number of nitrogens with zero attached hydrogens (tertiary/aromatic N) is 5. The average Bonchev–Trinajstić information content (AvgIpc) is 3.07. The number of fused-ring (bicyclic) bond motifs is 2. The van der Waals surface area contributed by atoms with Crippen molar-refractivity contribution in [2.45, 2.75) is 0 Å². The number of benzene rings is 1. The molecule has 0 aliphatic heterocycles. The fourth-order valence-corrected chi connectivity index (χ4v) is 3.05. The number of methoxy groups -OCH3 is 2. The Bertz CT molecular complexity index is 1200. The minimum atomic E-state index is -0.628. The lowest BCUT2D eigenvalue weighted by Crippen LogP contribution is -2.05. The van der Waals surface area contributed by atoms with E-state index in [0.717, 1.165) is 0 Å². The SMILES string of the molecule is COCOc1c(-c2nc(OC)c3cc(Cl)cnc3n2)cc2cn(C)nc2c1F. The summed E-state index contributed by atoms with van der Waals surface area (Å²) < 4.78 is 32.4. The van der Waals surface area contributed by atoms with Crippen LogP contribution in [0, 0.1) is 5.82 Å². The quantitative estimate of drug-likeness (QED) is 0.472. The molecule has 10 heteroatoms. The van der Waals surface area contributed by atoms with E-state index in [4.69, 9.17) is 25.8 Å². The number of hydrogen-bond donors (Lipinski definition) is 0.